The van der Waals surface area contributed by atoms with Crippen molar-refractivity contribution < 1.29 is 17.3 Å². The van der Waals surface area contributed by atoms with Crippen molar-refractivity contribution in [2.75, 3.05) is 0 Å². The molecule has 0 aliphatic carbocycles. The van der Waals surface area contributed by atoms with Crippen LogP contribution in [0, 0.1) is 0 Å². The Morgan fingerprint density at radius 3 is 0.949 bits per heavy atom. The average Bonchev–Trinajstić information content (AvgIpc) is 2.94. The Hall–Kier alpha value is -3.11. The Labute approximate surface area is 236 Å². The van der Waals surface area contributed by atoms with E-state index in [1.807, 2.05) is 24.3 Å². The van der Waals surface area contributed by atoms with Gasteiger partial charge < -0.3 is 17.3 Å². The molecule has 8 heteroatoms. The number of benzene rings is 5. The fraction of sp³-hybridized carbons (Fsp3) is 0.0323. The minimum Gasteiger partial charge on any atom is -0.418 e. The van der Waals surface area contributed by atoms with E-state index in [9.17, 15) is 17.3 Å². The van der Waals surface area contributed by atoms with E-state index in [4.69, 9.17) is 23.2 Å². The van der Waals surface area contributed by atoms with Gasteiger partial charge in [0.1, 0.15) is 28.8 Å². The third kappa shape index (κ3) is 7.11. The molecule has 0 unspecified atom stereocenters. The van der Waals surface area contributed by atoms with Crippen LogP contribution in [0.3, 0.4) is 0 Å². The lowest BCUT2D eigenvalue weighted by Crippen LogP contribution is -2.35. The maximum atomic E-state index is 9.75. The molecule has 0 heterocycles. The second kappa shape index (κ2) is 12.8. The summed E-state index contributed by atoms with van der Waals surface area (Å²) in [4.78, 5) is 0. The quantitative estimate of drug-likeness (QED) is 0.106. The van der Waals surface area contributed by atoms with Crippen molar-refractivity contribution in [1.29, 1.82) is 0 Å². The van der Waals surface area contributed by atoms with E-state index >= 15 is 0 Å². The van der Waals surface area contributed by atoms with Crippen LogP contribution in [0.2, 0.25) is 10.0 Å². The van der Waals surface area contributed by atoms with Crippen molar-refractivity contribution in [3.05, 3.63) is 161 Å². The summed E-state index contributed by atoms with van der Waals surface area (Å²) >= 11 is 12.7. The smallest absolute Gasteiger partial charge is 0.418 e. The lowest BCUT2D eigenvalue weighted by atomic mass is 10.0. The summed E-state index contributed by atoms with van der Waals surface area (Å²) in [6.07, 6.45) is 0. The Morgan fingerprint density at radius 1 is 0.436 bits per heavy atom. The lowest BCUT2D eigenvalue weighted by molar-refractivity contribution is 0.368. The van der Waals surface area contributed by atoms with Crippen LogP contribution in [-0.2, 0) is 0 Å². The zero-order valence-corrected chi connectivity index (χ0v) is 23.1. The number of hydrogen-bond donors (Lipinski definition) is 0. The van der Waals surface area contributed by atoms with Gasteiger partial charge in [0.25, 0.3) is 0 Å². The van der Waals surface area contributed by atoms with E-state index in [-0.39, 0.29) is 5.66 Å². The fourth-order valence-corrected chi connectivity index (χ4v) is 10.0. The van der Waals surface area contributed by atoms with E-state index in [1.165, 1.54) is 27.0 Å². The molecule has 198 valence electrons. The summed E-state index contributed by atoms with van der Waals surface area (Å²) in [6.45, 7) is 0. The Kier molecular flexibility index (Phi) is 9.51. The molecule has 0 radical (unpaired) electrons. The molecule has 0 bridgehead atoms. The van der Waals surface area contributed by atoms with Crippen molar-refractivity contribution >= 4 is 53.6 Å². The highest BCUT2D eigenvalue weighted by atomic mass is 35.5. The molecule has 5 aromatic carbocycles. The van der Waals surface area contributed by atoms with Gasteiger partial charge in [0.2, 0.25) is 0 Å². The van der Waals surface area contributed by atoms with Gasteiger partial charge in [-0.3, -0.25) is 0 Å². The predicted molar refractivity (Wildman–Crippen MR) is 160 cm³/mol. The molecule has 0 saturated heterocycles. The second-order valence-corrected chi connectivity index (χ2v) is 13.1. The van der Waals surface area contributed by atoms with E-state index < -0.39 is 14.5 Å². The minimum absolute atomic E-state index is 0.0780. The summed E-state index contributed by atoms with van der Waals surface area (Å²) in [5.41, 5.74) is 2.54. The number of rotatable bonds is 6. The molecule has 0 saturated carbocycles. The normalized spacial score (nSPS) is 11.6. The topological polar surface area (TPSA) is 0 Å². The molecular weight excluding hydrogens is 561 g/mol. The third-order valence-electron chi connectivity index (χ3n) is 6.25. The standard InChI is InChI=1S/C31H24Cl2P.BF4/c32-26-20-16-24(17-21-26)31(25-18-22-27(33)23-19-25)34(28-10-4-1-5-11-28,29-12-6-2-7-13-29)30-14-8-3-9-15-30;2-1(3,4)5/h1-23,31H;/q+1;-1. The van der Waals surface area contributed by atoms with Gasteiger partial charge in [-0.2, -0.15) is 0 Å². The van der Waals surface area contributed by atoms with E-state index in [0.717, 1.165) is 10.0 Å². The molecule has 39 heavy (non-hydrogen) atoms. The molecular formula is C31H24BCl2F4P. The first-order valence-corrected chi connectivity index (χ1v) is 14.7. The third-order valence-corrected chi connectivity index (χ3v) is 11.5. The molecule has 0 N–H and O–H groups in total. The molecule has 0 fully saturated rings. The maximum absolute atomic E-state index is 9.75. The highest BCUT2D eigenvalue weighted by molar-refractivity contribution is 7.96. The highest BCUT2D eigenvalue weighted by Crippen LogP contribution is 2.68. The van der Waals surface area contributed by atoms with Gasteiger partial charge in [-0.05, 0) is 71.8 Å². The van der Waals surface area contributed by atoms with Gasteiger partial charge in [-0.1, -0.05) is 102 Å². The lowest BCUT2D eigenvalue weighted by Gasteiger charge is -2.35. The van der Waals surface area contributed by atoms with Crippen LogP contribution in [0.15, 0.2) is 140 Å². The van der Waals surface area contributed by atoms with Gasteiger partial charge in [-0.25, -0.2) is 0 Å². The van der Waals surface area contributed by atoms with Gasteiger partial charge in [0.15, 0.2) is 0 Å². The molecule has 0 spiro atoms. The Morgan fingerprint density at radius 2 is 0.692 bits per heavy atom. The zero-order valence-electron chi connectivity index (χ0n) is 20.6. The van der Waals surface area contributed by atoms with Crippen molar-refractivity contribution in [2.24, 2.45) is 0 Å². The van der Waals surface area contributed by atoms with E-state index in [0.29, 0.717) is 0 Å². The number of hydrogen-bond acceptors (Lipinski definition) is 0. The first-order chi connectivity index (χ1) is 18.7. The molecule has 5 aromatic rings. The maximum Gasteiger partial charge on any atom is 0.673 e. The summed E-state index contributed by atoms with van der Waals surface area (Å²) in [5, 5.41) is 5.48. The molecule has 0 aliphatic rings. The van der Waals surface area contributed by atoms with Crippen LogP contribution >= 0.6 is 30.5 Å². The van der Waals surface area contributed by atoms with Crippen LogP contribution in [-0.4, -0.2) is 7.25 Å². The van der Waals surface area contributed by atoms with Gasteiger partial charge in [0.05, 0.1) is 0 Å². The summed E-state index contributed by atoms with van der Waals surface area (Å²) in [5.74, 6) is 0. The van der Waals surface area contributed by atoms with Crippen LogP contribution in [0.1, 0.15) is 16.8 Å². The monoisotopic (exact) mass is 584 g/mol. The first kappa shape index (κ1) is 28.9. The van der Waals surface area contributed by atoms with Gasteiger partial charge >= 0.3 is 7.25 Å². The van der Waals surface area contributed by atoms with Gasteiger partial charge in [0, 0.05) is 10.0 Å². The first-order valence-electron chi connectivity index (χ1n) is 12.1. The average molecular weight is 585 g/mol. The molecule has 0 aliphatic heterocycles. The molecule has 0 amide bonds. The fourth-order valence-electron chi connectivity index (χ4n) is 4.81. The van der Waals surface area contributed by atoms with Crippen LogP contribution in [0.4, 0.5) is 17.3 Å². The predicted octanol–water partition coefficient (Wildman–Crippen LogP) is 9.38. The minimum atomic E-state index is -6.00. The van der Waals surface area contributed by atoms with Crippen molar-refractivity contribution in [3.8, 4) is 0 Å². The molecule has 0 nitrogen and oxygen atoms in total. The Balaban J connectivity index is 0.000000648. The largest absolute Gasteiger partial charge is 0.673 e. The summed E-state index contributed by atoms with van der Waals surface area (Å²) in [6, 6.07) is 49.5. The van der Waals surface area contributed by atoms with Crippen molar-refractivity contribution in [3.63, 3.8) is 0 Å². The van der Waals surface area contributed by atoms with Crippen molar-refractivity contribution in [1.82, 2.24) is 0 Å². The van der Waals surface area contributed by atoms with Crippen LogP contribution in [0.5, 0.6) is 0 Å². The summed E-state index contributed by atoms with van der Waals surface area (Å²) in [7, 11) is -8.22. The Bertz CT molecular complexity index is 1300. The van der Waals surface area contributed by atoms with Crippen LogP contribution in [0.25, 0.3) is 0 Å². The van der Waals surface area contributed by atoms with Crippen molar-refractivity contribution in [2.45, 2.75) is 5.66 Å². The van der Waals surface area contributed by atoms with Crippen LogP contribution < -0.4 is 15.9 Å². The zero-order chi connectivity index (χ0) is 27.9. The van der Waals surface area contributed by atoms with E-state index in [2.05, 4.69) is 115 Å². The molecule has 5 rings (SSSR count). The highest BCUT2D eigenvalue weighted by Gasteiger charge is 2.53. The number of halogens is 6. The SMILES string of the molecule is Clc1ccc(C(c2ccc(Cl)cc2)[P+](c2ccccc2)(c2ccccc2)c2ccccc2)cc1.F[B-](F)(F)F. The van der Waals surface area contributed by atoms with Gasteiger partial charge in [-0.15, -0.1) is 0 Å². The second-order valence-electron chi connectivity index (χ2n) is 8.73. The molecule has 0 aromatic heterocycles. The molecule has 0 atom stereocenters. The summed E-state index contributed by atoms with van der Waals surface area (Å²) < 4.78 is 39.0. The van der Waals surface area contributed by atoms with E-state index in [1.54, 1.807) is 0 Å².